The summed E-state index contributed by atoms with van der Waals surface area (Å²) >= 11 is 0. The van der Waals surface area contributed by atoms with Crippen LogP contribution in [0.5, 0.6) is 0 Å². The summed E-state index contributed by atoms with van der Waals surface area (Å²) < 4.78 is 2.01. The Morgan fingerprint density at radius 1 is 0.906 bits per heavy atom. The SMILES string of the molecule is Cc1ccc([C@@H](c2nnnn2CCc2ccccc2)N2CCN(C3CCCC3)CC2)cc1. The van der Waals surface area contributed by atoms with Gasteiger partial charge in [0.2, 0.25) is 0 Å². The number of aromatic nitrogens is 4. The second-order valence-electron chi connectivity index (χ2n) is 9.32. The van der Waals surface area contributed by atoms with Gasteiger partial charge in [-0.05, 0) is 47.7 Å². The first-order valence-corrected chi connectivity index (χ1v) is 12.1. The topological polar surface area (TPSA) is 50.1 Å². The van der Waals surface area contributed by atoms with Crippen LogP contribution in [-0.4, -0.2) is 62.2 Å². The standard InChI is InChI=1S/C26H34N6/c1-21-11-13-23(14-12-21)25(31-19-17-30(18-20-31)24-9-5-6-10-24)26-27-28-29-32(26)16-15-22-7-3-2-4-8-22/h2-4,7-8,11-14,24-25H,5-6,9-10,15-20H2,1H3/t25-/m0/s1. The Morgan fingerprint density at radius 3 is 2.34 bits per heavy atom. The van der Waals surface area contributed by atoms with Crippen LogP contribution in [0.3, 0.4) is 0 Å². The number of rotatable bonds is 7. The third-order valence-electron chi connectivity index (χ3n) is 7.21. The Morgan fingerprint density at radius 2 is 1.62 bits per heavy atom. The van der Waals surface area contributed by atoms with Crippen molar-refractivity contribution in [2.24, 2.45) is 0 Å². The highest BCUT2D eigenvalue weighted by Crippen LogP contribution is 2.30. The zero-order valence-electron chi connectivity index (χ0n) is 19.1. The van der Waals surface area contributed by atoms with Crippen LogP contribution in [0, 0.1) is 6.92 Å². The van der Waals surface area contributed by atoms with Crippen LogP contribution in [0.4, 0.5) is 0 Å². The number of aryl methyl sites for hydroxylation is 3. The molecule has 1 aromatic heterocycles. The Balaban J connectivity index is 1.36. The predicted octanol–water partition coefficient (Wildman–Crippen LogP) is 3.87. The number of hydrogen-bond donors (Lipinski definition) is 0. The summed E-state index contributed by atoms with van der Waals surface area (Å²) in [6.07, 6.45) is 6.47. The van der Waals surface area contributed by atoms with Crippen molar-refractivity contribution in [2.45, 2.75) is 57.7 Å². The minimum absolute atomic E-state index is 0.0899. The van der Waals surface area contributed by atoms with Gasteiger partial charge in [-0.25, -0.2) is 4.68 Å². The van der Waals surface area contributed by atoms with Gasteiger partial charge in [-0.3, -0.25) is 9.80 Å². The summed E-state index contributed by atoms with van der Waals surface area (Å²) in [6.45, 7) is 7.32. The molecule has 0 spiro atoms. The summed E-state index contributed by atoms with van der Waals surface area (Å²) in [5, 5.41) is 13.0. The van der Waals surface area contributed by atoms with Gasteiger partial charge >= 0.3 is 0 Å². The minimum Gasteiger partial charge on any atom is -0.298 e. The van der Waals surface area contributed by atoms with Gasteiger partial charge in [-0.2, -0.15) is 0 Å². The van der Waals surface area contributed by atoms with Crippen molar-refractivity contribution in [1.29, 1.82) is 0 Å². The van der Waals surface area contributed by atoms with Gasteiger partial charge in [-0.15, -0.1) is 5.10 Å². The summed E-state index contributed by atoms with van der Waals surface area (Å²) in [6, 6.07) is 20.4. The average Bonchev–Trinajstić information content (AvgIpc) is 3.53. The molecule has 2 heterocycles. The zero-order chi connectivity index (χ0) is 21.8. The van der Waals surface area contributed by atoms with Crippen molar-refractivity contribution < 1.29 is 0 Å². The van der Waals surface area contributed by atoms with E-state index >= 15 is 0 Å². The molecule has 168 valence electrons. The smallest absolute Gasteiger partial charge is 0.173 e. The molecular formula is C26H34N6. The lowest BCUT2D eigenvalue weighted by atomic mass is 10.0. The van der Waals surface area contributed by atoms with E-state index in [9.17, 15) is 0 Å². The summed E-state index contributed by atoms with van der Waals surface area (Å²) in [4.78, 5) is 5.30. The summed E-state index contributed by atoms with van der Waals surface area (Å²) in [5.74, 6) is 0.958. The molecule has 2 aliphatic rings. The molecule has 3 aromatic rings. The second kappa shape index (κ2) is 9.92. The lowest BCUT2D eigenvalue weighted by Gasteiger charge is -2.41. The molecular weight excluding hydrogens is 396 g/mol. The largest absolute Gasteiger partial charge is 0.298 e. The van der Waals surface area contributed by atoms with Crippen LogP contribution in [0.15, 0.2) is 54.6 Å². The average molecular weight is 431 g/mol. The van der Waals surface area contributed by atoms with Crippen LogP contribution in [0.1, 0.15) is 54.2 Å². The molecule has 2 fully saturated rings. The lowest BCUT2D eigenvalue weighted by Crippen LogP contribution is -2.51. The molecule has 1 saturated heterocycles. The molecule has 2 aromatic carbocycles. The molecule has 1 atom stereocenters. The zero-order valence-corrected chi connectivity index (χ0v) is 19.1. The molecule has 5 rings (SSSR count). The quantitative estimate of drug-likeness (QED) is 0.569. The highest BCUT2D eigenvalue weighted by Gasteiger charge is 2.33. The van der Waals surface area contributed by atoms with Crippen LogP contribution in [0.2, 0.25) is 0 Å². The van der Waals surface area contributed by atoms with Gasteiger partial charge in [0.05, 0.1) is 6.04 Å². The molecule has 1 aliphatic heterocycles. The maximum Gasteiger partial charge on any atom is 0.173 e. The van der Waals surface area contributed by atoms with E-state index in [2.05, 4.69) is 86.8 Å². The van der Waals surface area contributed by atoms with Crippen LogP contribution in [-0.2, 0) is 13.0 Å². The Hall–Kier alpha value is -2.57. The first kappa shape index (κ1) is 21.3. The number of hydrogen-bond acceptors (Lipinski definition) is 5. The third kappa shape index (κ3) is 4.76. The van der Waals surface area contributed by atoms with Crippen molar-refractivity contribution >= 4 is 0 Å². The van der Waals surface area contributed by atoms with Crippen molar-refractivity contribution in [1.82, 2.24) is 30.0 Å². The molecule has 0 N–H and O–H groups in total. The highest BCUT2D eigenvalue weighted by molar-refractivity contribution is 5.28. The summed E-state index contributed by atoms with van der Waals surface area (Å²) in [5.41, 5.74) is 3.87. The monoisotopic (exact) mass is 430 g/mol. The molecule has 32 heavy (non-hydrogen) atoms. The first-order valence-electron chi connectivity index (χ1n) is 12.1. The van der Waals surface area contributed by atoms with Crippen molar-refractivity contribution in [2.75, 3.05) is 26.2 Å². The van der Waals surface area contributed by atoms with Gasteiger partial charge in [0.25, 0.3) is 0 Å². The fraction of sp³-hybridized carbons (Fsp3) is 0.500. The molecule has 1 saturated carbocycles. The van der Waals surface area contributed by atoms with Crippen molar-refractivity contribution in [3.8, 4) is 0 Å². The van der Waals surface area contributed by atoms with Crippen molar-refractivity contribution in [3.05, 3.63) is 77.1 Å². The maximum atomic E-state index is 4.55. The lowest BCUT2D eigenvalue weighted by molar-refractivity contribution is 0.0770. The van der Waals surface area contributed by atoms with Gasteiger partial charge in [0.1, 0.15) is 0 Å². The van der Waals surface area contributed by atoms with E-state index in [4.69, 9.17) is 0 Å². The molecule has 0 unspecified atom stereocenters. The molecule has 6 heteroatoms. The van der Waals surface area contributed by atoms with Crippen LogP contribution in [0.25, 0.3) is 0 Å². The van der Waals surface area contributed by atoms with Crippen molar-refractivity contribution in [3.63, 3.8) is 0 Å². The van der Waals surface area contributed by atoms with Gasteiger partial charge in [0, 0.05) is 38.8 Å². The Bertz CT molecular complexity index is 969. The van der Waals surface area contributed by atoms with E-state index < -0.39 is 0 Å². The Labute approximate surface area is 191 Å². The molecule has 0 bridgehead atoms. The van der Waals surface area contributed by atoms with Gasteiger partial charge < -0.3 is 0 Å². The molecule has 0 radical (unpaired) electrons. The van der Waals surface area contributed by atoms with E-state index in [0.29, 0.717) is 0 Å². The van der Waals surface area contributed by atoms with Gasteiger partial charge in [0.15, 0.2) is 5.82 Å². The van der Waals surface area contributed by atoms with Crippen LogP contribution >= 0.6 is 0 Å². The minimum atomic E-state index is 0.0899. The Kier molecular flexibility index (Phi) is 6.60. The second-order valence-corrected chi connectivity index (χ2v) is 9.32. The molecule has 0 amide bonds. The van der Waals surface area contributed by atoms with E-state index in [-0.39, 0.29) is 6.04 Å². The van der Waals surface area contributed by atoms with E-state index in [0.717, 1.165) is 51.0 Å². The number of tetrazole rings is 1. The maximum absolute atomic E-state index is 4.55. The number of nitrogens with zero attached hydrogens (tertiary/aromatic N) is 6. The number of benzene rings is 2. The highest BCUT2D eigenvalue weighted by atomic mass is 15.6. The fourth-order valence-corrected chi connectivity index (χ4v) is 5.35. The molecule has 1 aliphatic carbocycles. The third-order valence-corrected chi connectivity index (χ3v) is 7.21. The van der Waals surface area contributed by atoms with Crippen LogP contribution < -0.4 is 0 Å². The van der Waals surface area contributed by atoms with E-state index in [1.165, 1.54) is 42.4 Å². The van der Waals surface area contributed by atoms with Gasteiger partial charge in [-0.1, -0.05) is 73.0 Å². The van der Waals surface area contributed by atoms with E-state index in [1.807, 2.05) is 4.68 Å². The van der Waals surface area contributed by atoms with E-state index in [1.54, 1.807) is 0 Å². The molecule has 6 nitrogen and oxygen atoms in total. The first-order chi connectivity index (χ1) is 15.8. The predicted molar refractivity (Wildman–Crippen MR) is 126 cm³/mol. The fourth-order valence-electron chi connectivity index (χ4n) is 5.35. The number of piperazine rings is 1. The normalized spacial score (nSPS) is 19.4. The summed E-state index contributed by atoms with van der Waals surface area (Å²) in [7, 11) is 0.